The number of carbonyl (C=O) groups is 1. The standard InChI is InChI=1S/C10H14N4O/c11-10(2-1-3-10)6-9(15)14-8-7-12-4-5-13-8/h4-5,7H,1-3,6,11H2,(H,13,14,15). The number of nitrogens with zero attached hydrogens (tertiary/aromatic N) is 2. The van der Waals surface area contributed by atoms with E-state index in [2.05, 4.69) is 15.3 Å². The molecule has 0 bridgehead atoms. The summed E-state index contributed by atoms with van der Waals surface area (Å²) >= 11 is 0. The topological polar surface area (TPSA) is 80.9 Å². The van der Waals surface area contributed by atoms with Crippen LogP contribution in [0.25, 0.3) is 0 Å². The van der Waals surface area contributed by atoms with E-state index in [1.165, 1.54) is 12.4 Å². The molecule has 2 rings (SSSR count). The van der Waals surface area contributed by atoms with Crippen LogP contribution in [0.2, 0.25) is 0 Å². The molecule has 1 saturated carbocycles. The van der Waals surface area contributed by atoms with Gasteiger partial charge in [0, 0.05) is 24.4 Å². The second-order valence-corrected chi connectivity index (χ2v) is 4.03. The average Bonchev–Trinajstić information content (AvgIpc) is 2.16. The summed E-state index contributed by atoms with van der Waals surface area (Å²) in [5, 5.41) is 2.67. The Hall–Kier alpha value is -1.49. The molecular weight excluding hydrogens is 192 g/mol. The fourth-order valence-electron chi connectivity index (χ4n) is 1.68. The molecule has 15 heavy (non-hydrogen) atoms. The second-order valence-electron chi connectivity index (χ2n) is 4.03. The molecule has 0 spiro atoms. The van der Waals surface area contributed by atoms with Crippen LogP contribution in [0.1, 0.15) is 25.7 Å². The van der Waals surface area contributed by atoms with Gasteiger partial charge in [-0.1, -0.05) is 0 Å². The fraction of sp³-hybridized carbons (Fsp3) is 0.500. The van der Waals surface area contributed by atoms with Crippen molar-refractivity contribution in [1.82, 2.24) is 9.97 Å². The Bertz CT molecular complexity index is 348. The molecule has 1 heterocycles. The van der Waals surface area contributed by atoms with E-state index >= 15 is 0 Å². The van der Waals surface area contributed by atoms with Crippen LogP contribution in [0.5, 0.6) is 0 Å². The maximum Gasteiger partial charge on any atom is 0.227 e. The molecule has 1 amide bonds. The first-order valence-electron chi connectivity index (χ1n) is 5.03. The third kappa shape index (κ3) is 2.50. The number of nitrogens with two attached hydrogens (primary N) is 1. The summed E-state index contributed by atoms with van der Waals surface area (Å²) in [6, 6.07) is 0. The second kappa shape index (κ2) is 3.94. The molecule has 0 aliphatic heterocycles. The van der Waals surface area contributed by atoms with Crippen molar-refractivity contribution in [3.63, 3.8) is 0 Å². The van der Waals surface area contributed by atoms with E-state index in [-0.39, 0.29) is 11.4 Å². The first-order chi connectivity index (χ1) is 7.18. The summed E-state index contributed by atoms with van der Waals surface area (Å²) in [6.45, 7) is 0. The van der Waals surface area contributed by atoms with Gasteiger partial charge in [0.15, 0.2) is 5.82 Å². The largest absolute Gasteiger partial charge is 0.325 e. The van der Waals surface area contributed by atoms with E-state index in [4.69, 9.17) is 5.73 Å². The summed E-state index contributed by atoms with van der Waals surface area (Å²) < 4.78 is 0. The molecule has 0 radical (unpaired) electrons. The molecule has 0 unspecified atom stereocenters. The van der Waals surface area contributed by atoms with E-state index in [0.29, 0.717) is 12.2 Å². The van der Waals surface area contributed by atoms with Gasteiger partial charge in [0.1, 0.15) is 0 Å². The Labute approximate surface area is 88.1 Å². The molecule has 5 nitrogen and oxygen atoms in total. The van der Waals surface area contributed by atoms with Crippen LogP contribution in [-0.4, -0.2) is 21.4 Å². The van der Waals surface area contributed by atoms with Crippen molar-refractivity contribution in [2.24, 2.45) is 5.73 Å². The Morgan fingerprint density at radius 2 is 2.33 bits per heavy atom. The van der Waals surface area contributed by atoms with Gasteiger partial charge in [0.25, 0.3) is 0 Å². The summed E-state index contributed by atoms with van der Waals surface area (Å²) in [7, 11) is 0. The Balaban J connectivity index is 1.87. The Morgan fingerprint density at radius 3 is 2.87 bits per heavy atom. The van der Waals surface area contributed by atoms with Gasteiger partial charge in [0.05, 0.1) is 6.20 Å². The van der Waals surface area contributed by atoms with Gasteiger partial charge in [-0.3, -0.25) is 9.78 Å². The van der Waals surface area contributed by atoms with Crippen molar-refractivity contribution < 1.29 is 4.79 Å². The number of hydrogen-bond acceptors (Lipinski definition) is 4. The van der Waals surface area contributed by atoms with Crippen molar-refractivity contribution in [1.29, 1.82) is 0 Å². The number of carbonyl (C=O) groups excluding carboxylic acids is 1. The van der Waals surface area contributed by atoms with Crippen LogP contribution < -0.4 is 11.1 Å². The van der Waals surface area contributed by atoms with Crippen molar-refractivity contribution in [3.05, 3.63) is 18.6 Å². The van der Waals surface area contributed by atoms with Gasteiger partial charge in [-0.25, -0.2) is 4.98 Å². The van der Waals surface area contributed by atoms with Gasteiger partial charge in [0.2, 0.25) is 5.91 Å². The van der Waals surface area contributed by atoms with Crippen molar-refractivity contribution in [2.75, 3.05) is 5.32 Å². The Morgan fingerprint density at radius 1 is 1.53 bits per heavy atom. The zero-order valence-corrected chi connectivity index (χ0v) is 8.44. The third-order valence-electron chi connectivity index (χ3n) is 2.69. The van der Waals surface area contributed by atoms with E-state index in [1.54, 1.807) is 6.20 Å². The van der Waals surface area contributed by atoms with E-state index in [1.807, 2.05) is 0 Å². The molecule has 1 aromatic heterocycles. The summed E-state index contributed by atoms with van der Waals surface area (Å²) in [6.07, 6.45) is 7.96. The van der Waals surface area contributed by atoms with Gasteiger partial charge in [-0.15, -0.1) is 0 Å². The first kappa shape index (κ1) is 10.0. The van der Waals surface area contributed by atoms with Gasteiger partial charge >= 0.3 is 0 Å². The third-order valence-corrected chi connectivity index (χ3v) is 2.69. The summed E-state index contributed by atoms with van der Waals surface area (Å²) in [5.74, 6) is 0.392. The molecule has 1 aromatic rings. The van der Waals surface area contributed by atoms with Crippen LogP contribution in [0.15, 0.2) is 18.6 Å². The summed E-state index contributed by atoms with van der Waals surface area (Å²) in [5.41, 5.74) is 5.68. The monoisotopic (exact) mass is 206 g/mol. The highest BCUT2D eigenvalue weighted by atomic mass is 16.1. The number of anilines is 1. The van der Waals surface area contributed by atoms with Crippen LogP contribution in [0.4, 0.5) is 5.82 Å². The Kier molecular flexibility index (Phi) is 2.64. The van der Waals surface area contributed by atoms with Crippen molar-refractivity contribution in [3.8, 4) is 0 Å². The van der Waals surface area contributed by atoms with Crippen LogP contribution in [0.3, 0.4) is 0 Å². The van der Waals surface area contributed by atoms with Crippen LogP contribution in [-0.2, 0) is 4.79 Å². The minimum atomic E-state index is -0.285. The zero-order chi connectivity index (χ0) is 10.7. The lowest BCUT2D eigenvalue weighted by atomic mass is 9.75. The molecule has 0 saturated heterocycles. The highest BCUT2D eigenvalue weighted by Crippen LogP contribution is 2.32. The normalized spacial score (nSPS) is 17.9. The zero-order valence-electron chi connectivity index (χ0n) is 8.44. The number of hydrogen-bond donors (Lipinski definition) is 2. The fourth-order valence-corrected chi connectivity index (χ4v) is 1.68. The molecule has 1 fully saturated rings. The molecule has 80 valence electrons. The predicted octanol–water partition coefficient (Wildman–Crippen LogP) is 0.687. The summed E-state index contributed by atoms with van der Waals surface area (Å²) in [4.78, 5) is 19.4. The molecule has 0 aromatic carbocycles. The van der Waals surface area contributed by atoms with Crippen LogP contribution >= 0.6 is 0 Å². The quantitative estimate of drug-likeness (QED) is 0.762. The van der Waals surface area contributed by atoms with Crippen molar-refractivity contribution in [2.45, 2.75) is 31.2 Å². The number of nitrogens with one attached hydrogen (secondary N) is 1. The highest BCUT2D eigenvalue weighted by molar-refractivity contribution is 5.90. The molecule has 5 heteroatoms. The van der Waals surface area contributed by atoms with E-state index in [0.717, 1.165) is 19.3 Å². The van der Waals surface area contributed by atoms with E-state index in [9.17, 15) is 4.79 Å². The maximum atomic E-state index is 11.6. The average molecular weight is 206 g/mol. The molecule has 1 aliphatic rings. The highest BCUT2D eigenvalue weighted by Gasteiger charge is 2.34. The van der Waals surface area contributed by atoms with E-state index < -0.39 is 0 Å². The molecule has 3 N–H and O–H groups in total. The van der Waals surface area contributed by atoms with Crippen molar-refractivity contribution >= 4 is 11.7 Å². The smallest absolute Gasteiger partial charge is 0.227 e. The van der Waals surface area contributed by atoms with Gasteiger partial charge in [-0.2, -0.15) is 0 Å². The molecule has 1 aliphatic carbocycles. The molecule has 0 atom stereocenters. The minimum absolute atomic E-state index is 0.0855. The number of aromatic nitrogens is 2. The minimum Gasteiger partial charge on any atom is -0.325 e. The lowest BCUT2D eigenvalue weighted by molar-refractivity contribution is -0.118. The molecular formula is C10H14N4O. The lowest BCUT2D eigenvalue weighted by Gasteiger charge is -2.37. The maximum absolute atomic E-state index is 11.6. The van der Waals surface area contributed by atoms with Crippen LogP contribution in [0, 0.1) is 0 Å². The van der Waals surface area contributed by atoms with Gasteiger partial charge < -0.3 is 11.1 Å². The first-order valence-corrected chi connectivity index (χ1v) is 5.03. The predicted molar refractivity (Wildman–Crippen MR) is 56.0 cm³/mol. The number of amides is 1. The van der Waals surface area contributed by atoms with Gasteiger partial charge in [-0.05, 0) is 19.3 Å². The lowest BCUT2D eigenvalue weighted by Crippen LogP contribution is -2.48. The number of rotatable bonds is 3. The SMILES string of the molecule is NC1(CC(=O)Nc2cnccn2)CCC1.